The van der Waals surface area contributed by atoms with Crippen molar-refractivity contribution < 1.29 is 4.74 Å². The van der Waals surface area contributed by atoms with E-state index in [9.17, 15) is 0 Å². The SMILES string of the molecule is CCCOc1cncc(N2CCN(C)CC2I)c1. The quantitative estimate of drug-likeness (QED) is 0.468. The highest BCUT2D eigenvalue weighted by molar-refractivity contribution is 14.1. The lowest BCUT2D eigenvalue weighted by molar-refractivity contribution is 0.305. The third kappa shape index (κ3) is 3.47. The first-order valence-electron chi connectivity index (χ1n) is 6.38. The topological polar surface area (TPSA) is 28.6 Å². The van der Waals surface area contributed by atoms with E-state index < -0.39 is 0 Å². The van der Waals surface area contributed by atoms with Crippen molar-refractivity contribution in [2.24, 2.45) is 0 Å². The average molecular weight is 361 g/mol. The second-order valence-electron chi connectivity index (χ2n) is 4.62. The maximum atomic E-state index is 5.64. The summed E-state index contributed by atoms with van der Waals surface area (Å²) in [7, 11) is 2.17. The molecule has 0 radical (unpaired) electrons. The Kier molecular flexibility index (Phi) is 5.05. The van der Waals surface area contributed by atoms with Gasteiger partial charge in [0.2, 0.25) is 0 Å². The summed E-state index contributed by atoms with van der Waals surface area (Å²) < 4.78 is 6.13. The molecule has 0 aliphatic carbocycles. The highest BCUT2D eigenvalue weighted by Crippen LogP contribution is 2.26. The van der Waals surface area contributed by atoms with Crippen LogP contribution in [0.2, 0.25) is 0 Å². The number of pyridine rings is 1. The molecule has 5 heteroatoms. The lowest BCUT2D eigenvalue weighted by atomic mass is 10.3. The van der Waals surface area contributed by atoms with E-state index in [1.165, 1.54) is 0 Å². The molecule has 0 spiro atoms. The van der Waals surface area contributed by atoms with E-state index in [2.05, 4.69) is 57.4 Å². The molecule has 1 aliphatic rings. The molecule has 18 heavy (non-hydrogen) atoms. The smallest absolute Gasteiger partial charge is 0.139 e. The summed E-state index contributed by atoms with van der Waals surface area (Å²) in [5, 5.41) is 0. The summed E-state index contributed by atoms with van der Waals surface area (Å²) in [5.74, 6) is 0.872. The van der Waals surface area contributed by atoms with Crippen LogP contribution in [-0.2, 0) is 0 Å². The Labute approximate surface area is 122 Å². The number of alkyl halides is 1. The Bertz CT molecular complexity index is 388. The third-order valence-corrected chi connectivity index (χ3v) is 4.09. The maximum absolute atomic E-state index is 5.64. The maximum Gasteiger partial charge on any atom is 0.139 e. The Hall–Kier alpha value is -0.560. The fourth-order valence-corrected chi connectivity index (χ4v) is 3.29. The van der Waals surface area contributed by atoms with Crippen LogP contribution in [0.5, 0.6) is 5.75 Å². The van der Waals surface area contributed by atoms with Gasteiger partial charge in [-0.1, -0.05) is 29.5 Å². The first-order chi connectivity index (χ1) is 8.70. The van der Waals surface area contributed by atoms with E-state index in [1.807, 2.05) is 6.20 Å². The van der Waals surface area contributed by atoms with Crippen molar-refractivity contribution in [3.8, 4) is 5.75 Å². The fraction of sp³-hybridized carbons (Fsp3) is 0.615. The van der Waals surface area contributed by atoms with Gasteiger partial charge in [-0.3, -0.25) is 4.98 Å². The van der Waals surface area contributed by atoms with Crippen LogP contribution >= 0.6 is 22.6 Å². The molecule has 0 aromatic carbocycles. The number of halogens is 1. The number of likely N-dealkylation sites (N-methyl/N-ethyl adjacent to an activating group) is 1. The van der Waals surface area contributed by atoms with Gasteiger partial charge in [-0.25, -0.2) is 0 Å². The van der Waals surface area contributed by atoms with Crippen LogP contribution in [0.3, 0.4) is 0 Å². The normalized spacial score (nSPS) is 21.1. The van der Waals surface area contributed by atoms with E-state index in [4.69, 9.17) is 4.74 Å². The monoisotopic (exact) mass is 361 g/mol. The molecule has 0 N–H and O–H groups in total. The molecule has 1 saturated heterocycles. The lowest BCUT2D eigenvalue weighted by Gasteiger charge is -2.38. The largest absolute Gasteiger partial charge is 0.492 e. The minimum atomic E-state index is 0.490. The predicted octanol–water partition coefficient (Wildman–Crippen LogP) is 2.38. The number of hydrogen-bond donors (Lipinski definition) is 0. The second-order valence-corrected chi connectivity index (χ2v) is 6.06. The van der Waals surface area contributed by atoms with Gasteiger partial charge in [-0.2, -0.15) is 0 Å². The van der Waals surface area contributed by atoms with Gasteiger partial charge in [0.15, 0.2) is 0 Å². The minimum absolute atomic E-state index is 0.490. The fourth-order valence-electron chi connectivity index (χ4n) is 2.02. The molecule has 2 heterocycles. The van der Waals surface area contributed by atoms with Crippen LogP contribution < -0.4 is 9.64 Å². The molecule has 0 amide bonds. The van der Waals surface area contributed by atoms with Crippen molar-refractivity contribution in [3.05, 3.63) is 18.5 Å². The summed E-state index contributed by atoms with van der Waals surface area (Å²) in [6, 6.07) is 2.10. The van der Waals surface area contributed by atoms with E-state index in [-0.39, 0.29) is 0 Å². The number of aromatic nitrogens is 1. The van der Waals surface area contributed by atoms with Crippen LogP contribution in [0.15, 0.2) is 18.5 Å². The molecule has 1 atom stereocenters. The van der Waals surface area contributed by atoms with Crippen molar-refractivity contribution in [2.45, 2.75) is 17.4 Å². The summed E-state index contributed by atoms with van der Waals surface area (Å²) in [4.78, 5) is 9.04. The standard InChI is InChI=1S/C13H20IN3O/c1-3-6-18-12-7-11(8-15-9-12)17-5-4-16(2)10-13(17)14/h7-9,13H,3-6,10H2,1-2H3. The molecule has 100 valence electrons. The molecule has 1 aliphatic heterocycles. The zero-order chi connectivity index (χ0) is 13.0. The Morgan fingerprint density at radius 1 is 1.44 bits per heavy atom. The molecular weight excluding hydrogens is 341 g/mol. The van der Waals surface area contributed by atoms with Gasteiger partial charge in [-0.15, -0.1) is 0 Å². The molecule has 0 bridgehead atoms. The van der Waals surface area contributed by atoms with Gasteiger partial charge in [0, 0.05) is 25.7 Å². The number of hydrogen-bond acceptors (Lipinski definition) is 4. The molecule has 1 unspecified atom stereocenters. The van der Waals surface area contributed by atoms with Crippen LogP contribution in [0.4, 0.5) is 5.69 Å². The predicted molar refractivity (Wildman–Crippen MR) is 82.7 cm³/mol. The molecule has 1 fully saturated rings. The van der Waals surface area contributed by atoms with Gasteiger partial charge in [0.1, 0.15) is 5.75 Å². The summed E-state index contributed by atoms with van der Waals surface area (Å²) in [6.45, 7) is 6.09. The second kappa shape index (κ2) is 6.56. The van der Waals surface area contributed by atoms with Crippen molar-refractivity contribution in [1.82, 2.24) is 9.88 Å². The average Bonchev–Trinajstić information content (AvgIpc) is 2.36. The van der Waals surface area contributed by atoms with Crippen molar-refractivity contribution in [1.29, 1.82) is 0 Å². The summed E-state index contributed by atoms with van der Waals surface area (Å²) >= 11 is 2.49. The van der Waals surface area contributed by atoms with Crippen LogP contribution in [0.25, 0.3) is 0 Å². The number of piperazine rings is 1. The molecular formula is C13H20IN3O. The number of rotatable bonds is 4. The van der Waals surface area contributed by atoms with Gasteiger partial charge in [0.25, 0.3) is 0 Å². The Balaban J connectivity index is 2.07. The summed E-state index contributed by atoms with van der Waals surface area (Å²) in [6.07, 6.45) is 4.74. The molecule has 1 aromatic heterocycles. The highest BCUT2D eigenvalue weighted by atomic mass is 127. The molecule has 0 saturated carbocycles. The first-order valence-corrected chi connectivity index (χ1v) is 7.62. The Morgan fingerprint density at radius 3 is 3.00 bits per heavy atom. The number of nitrogens with zero attached hydrogens (tertiary/aromatic N) is 3. The van der Waals surface area contributed by atoms with E-state index in [0.717, 1.165) is 44.1 Å². The van der Waals surface area contributed by atoms with Crippen molar-refractivity contribution in [3.63, 3.8) is 0 Å². The van der Waals surface area contributed by atoms with Crippen LogP contribution in [0.1, 0.15) is 13.3 Å². The van der Waals surface area contributed by atoms with Gasteiger partial charge >= 0.3 is 0 Å². The number of anilines is 1. The van der Waals surface area contributed by atoms with E-state index in [0.29, 0.717) is 4.05 Å². The van der Waals surface area contributed by atoms with E-state index >= 15 is 0 Å². The van der Waals surface area contributed by atoms with Gasteiger partial charge in [-0.05, 0) is 13.5 Å². The van der Waals surface area contributed by atoms with Crippen LogP contribution in [0, 0.1) is 0 Å². The number of ether oxygens (including phenoxy) is 1. The summed E-state index contributed by atoms with van der Waals surface area (Å²) in [5.41, 5.74) is 1.16. The van der Waals surface area contributed by atoms with Crippen molar-refractivity contribution >= 4 is 28.3 Å². The zero-order valence-corrected chi connectivity index (χ0v) is 13.1. The van der Waals surface area contributed by atoms with E-state index in [1.54, 1.807) is 6.20 Å². The molecule has 4 nitrogen and oxygen atoms in total. The van der Waals surface area contributed by atoms with Gasteiger partial charge < -0.3 is 14.5 Å². The highest BCUT2D eigenvalue weighted by Gasteiger charge is 2.23. The van der Waals surface area contributed by atoms with Gasteiger partial charge in [0.05, 0.1) is 28.7 Å². The Morgan fingerprint density at radius 2 is 2.28 bits per heavy atom. The minimum Gasteiger partial charge on any atom is -0.492 e. The van der Waals surface area contributed by atoms with Crippen LogP contribution in [-0.4, -0.2) is 47.2 Å². The van der Waals surface area contributed by atoms with Crippen molar-refractivity contribution in [2.75, 3.05) is 38.2 Å². The molecule has 2 rings (SSSR count). The first kappa shape index (κ1) is 13.9. The third-order valence-electron chi connectivity index (χ3n) is 3.03. The lowest BCUT2D eigenvalue weighted by Crippen LogP contribution is -2.49. The zero-order valence-electron chi connectivity index (χ0n) is 11.0. The molecule has 1 aromatic rings.